The zero-order valence-electron chi connectivity index (χ0n) is 22.6. The Labute approximate surface area is 241 Å². The molecule has 1 aliphatic heterocycles. The number of aromatic nitrogens is 3. The van der Waals surface area contributed by atoms with E-state index in [9.17, 15) is 14.0 Å². The molecular weight excluding hydrogens is 549 g/mol. The second-order valence-electron chi connectivity index (χ2n) is 9.81. The molecule has 1 aliphatic rings. The number of nitrogens with zero attached hydrogens (tertiary/aromatic N) is 4. The number of amides is 3. The molecule has 0 unspecified atom stereocenters. The molecule has 3 amide bonds. The van der Waals surface area contributed by atoms with E-state index in [-0.39, 0.29) is 18.2 Å². The monoisotopic (exact) mass is 579 g/mol. The van der Waals surface area contributed by atoms with E-state index in [1.165, 1.54) is 17.0 Å². The standard InChI is InChI=1S/C29H31ClFN7O3/c1-37(28(39)35-15-21-7-4-8-24(31)27(21)30)22(9-10-26-34-17-23-16-32-11-12-38(23)26)18-41-29(40)36-25-13-19-5-2-3-6-20(19)14-33-25/h2-8,13-14,17,22,32H,9-12,15-16,18H2,1H3,(H,35,39)(H,33,36,40)/t22-/m0/s1. The minimum Gasteiger partial charge on any atom is -0.447 e. The number of anilines is 1. The van der Waals surface area contributed by atoms with Gasteiger partial charge in [0.15, 0.2) is 0 Å². The van der Waals surface area contributed by atoms with E-state index in [2.05, 4.69) is 30.5 Å². The first-order valence-corrected chi connectivity index (χ1v) is 13.7. The van der Waals surface area contributed by atoms with E-state index in [4.69, 9.17) is 16.3 Å². The van der Waals surface area contributed by atoms with Gasteiger partial charge in [0.1, 0.15) is 24.1 Å². The fraction of sp³-hybridized carbons (Fsp3) is 0.310. The van der Waals surface area contributed by atoms with Gasteiger partial charge in [0.2, 0.25) is 0 Å². The van der Waals surface area contributed by atoms with Crippen molar-refractivity contribution in [3.8, 4) is 0 Å². The Hall–Kier alpha value is -4.22. The number of likely N-dealkylation sites (N-methyl/N-ethyl adjacent to an activating group) is 1. The van der Waals surface area contributed by atoms with Crippen LogP contribution in [0, 0.1) is 5.82 Å². The number of pyridine rings is 1. The van der Waals surface area contributed by atoms with Gasteiger partial charge in [0, 0.05) is 57.4 Å². The number of carbonyl (C=O) groups is 2. The summed E-state index contributed by atoms with van der Waals surface area (Å²) in [5, 5.41) is 10.6. The van der Waals surface area contributed by atoms with E-state index >= 15 is 0 Å². The van der Waals surface area contributed by atoms with Crippen LogP contribution in [0.25, 0.3) is 10.8 Å². The van der Waals surface area contributed by atoms with Crippen LogP contribution in [0.2, 0.25) is 5.02 Å². The van der Waals surface area contributed by atoms with Crippen LogP contribution in [0.4, 0.5) is 19.8 Å². The van der Waals surface area contributed by atoms with Crippen molar-refractivity contribution in [2.75, 3.05) is 25.5 Å². The zero-order valence-corrected chi connectivity index (χ0v) is 23.3. The Kier molecular flexibility index (Phi) is 8.95. The predicted molar refractivity (Wildman–Crippen MR) is 154 cm³/mol. The summed E-state index contributed by atoms with van der Waals surface area (Å²) >= 11 is 6.04. The maximum Gasteiger partial charge on any atom is 0.412 e. The summed E-state index contributed by atoms with van der Waals surface area (Å²) < 4.78 is 21.6. The van der Waals surface area contributed by atoms with Gasteiger partial charge in [-0.05, 0) is 29.5 Å². The third kappa shape index (κ3) is 6.93. The molecule has 0 saturated heterocycles. The maximum absolute atomic E-state index is 13.8. The molecule has 4 aromatic rings. The number of halogens is 2. The number of nitrogens with one attached hydrogen (secondary N) is 3. The molecule has 0 radical (unpaired) electrons. The first kappa shape index (κ1) is 28.3. The van der Waals surface area contributed by atoms with Gasteiger partial charge in [-0.1, -0.05) is 48.0 Å². The van der Waals surface area contributed by atoms with E-state index in [0.29, 0.717) is 24.2 Å². The quantitative estimate of drug-likeness (QED) is 0.264. The second kappa shape index (κ2) is 13.0. The van der Waals surface area contributed by atoms with Crippen LogP contribution in [-0.4, -0.2) is 57.8 Å². The smallest absolute Gasteiger partial charge is 0.412 e. The third-order valence-corrected chi connectivity index (χ3v) is 7.56. The number of aryl methyl sites for hydroxylation is 1. The minimum atomic E-state index is -0.678. The van der Waals surface area contributed by atoms with Crippen molar-refractivity contribution < 1.29 is 18.7 Å². The molecule has 2 aromatic heterocycles. The molecule has 214 valence electrons. The van der Waals surface area contributed by atoms with Crippen LogP contribution in [-0.2, 0) is 30.8 Å². The van der Waals surface area contributed by atoms with Gasteiger partial charge >= 0.3 is 12.1 Å². The summed E-state index contributed by atoms with van der Waals surface area (Å²) in [6, 6.07) is 13.0. The number of carbonyl (C=O) groups excluding carboxylic acids is 2. The van der Waals surface area contributed by atoms with Crippen molar-refractivity contribution in [2.24, 2.45) is 0 Å². The molecule has 2 aromatic carbocycles. The van der Waals surface area contributed by atoms with Crippen molar-refractivity contribution in [3.63, 3.8) is 0 Å². The Morgan fingerprint density at radius 2 is 2.00 bits per heavy atom. The van der Waals surface area contributed by atoms with Crippen LogP contribution in [0.1, 0.15) is 23.5 Å². The van der Waals surface area contributed by atoms with E-state index in [0.717, 1.165) is 41.9 Å². The lowest BCUT2D eigenvalue weighted by atomic mass is 10.1. The first-order chi connectivity index (χ1) is 19.9. The molecule has 0 saturated carbocycles. The van der Waals surface area contributed by atoms with E-state index in [1.54, 1.807) is 25.4 Å². The number of hydrogen-bond acceptors (Lipinski definition) is 6. The van der Waals surface area contributed by atoms with Crippen molar-refractivity contribution >= 4 is 40.3 Å². The number of hydrogen-bond donors (Lipinski definition) is 3. The summed E-state index contributed by atoms with van der Waals surface area (Å²) in [5.74, 6) is 0.723. The molecule has 0 fully saturated rings. The lowest BCUT2D eigenvalue weighted by molar-refractivity contribution is 0.113. The Balaban J connectivity index is 1.24. The molecule has 0 aliphatic carbocycles. The summed E-state index contributed by atoms with van der Waals surface area (Å²) in [4.78, 5) is 36.1. The van der Waals surface area contributed by atoms with Gasteiger partial charge in [-0.2, -0.15) is 0 Å². The van der Waals surface area contributed by atoms with Crippen molar-refractivity contribution in [2.45, 2.75) is 38.5 Å². The average Bonchev–Trinajstić information content (AvgIpc) is 3.40. The van der Waals surface area contributed by atoms with Gasteiger partial charge in [-0.15, -0.1) is 0 Å². The minimum absolute atomic E-state index is 0.0344. The van der Waals surface area contributed by atoms with E-state index < -0.39 is 24.0 Å². The fourth-order valence-electron chi connectivity index (χ4n) is 4.77. The largest absolute Gasteiger partial charge is 0.447 e. The highest BCUT2D eigenvalue weighted by atomic mass is 35.5. The Morgan fingerprint density at radius 3 is 2.85 bits per heavy atom. The first-order valence-electron chi connectivity index (χ1n) is 13.3. The van der Waals surface area contributed by atoms with Crippen molar-refractivity contribution in [3.05, 3.63) is 88.8 Å². The van der Waals surface area contributed by atoms with Crippen molar-refractivity contribution in [1.82, 2.24) is 30.1 Å². The number of fused-ring (bicyclic) bond motifs is 2. The second-order valence-corrected chi connectivity index (χ2v) is 10.2. The van der Waals surface area contributed by atoms with E-state index in [1.807, 2.05) is 30.5 Å². The summed E-state index contributed by atoms with van der Waals surface area (Å²) in [6.07, 6.45) is 3.93. The number of rotatable bonds is 9. The molecule has 3 N–H and O–H groups in total. The van der Waals surface area contributed by atoms with Crippen LogP contribution in [0.15, 0.2) is 60.9 Å². The molecule has 41 heavy (non-hydrogen) atoms. The number of ether oxygens (including phenoxy) is 1. The number of urea groups is 1. The van der Waals surface area contributed by atoms with Crippen LogP contribution >= 0.6 is 11.6 Å². The van der Waals surface area contributed by atoms with Gasteiger partial charge in [-0.25, -0.2) is 23.9 Å². The molecule has 1 atom stereocenters. The van der Waals surface area contributed by atoms with Gasteiger partial charge < -0.3 is 24.8 Å². The SMILES string of the molecule is CN(C(=O)NCc1cccc(F)c1Cl)[C@@H](CCc1ncc2n1CCNC2)COC(=O)Nc1cc2ccccc2cn1. The molecule has 0 bridgehead atoms. The third-order valence-electron chi connectivity index (χ3n) is 7.14. The summed E-state index contributed by atoms with van der Waals surface area (Å²) in [5.41, 5.74) is 1.57. The average molecular weight is 580 g/mol. The van der Waals surface area contributed by atoms with Gasteiger partial charge in [0.25, 0.3) is 0 Å². The highest BCUT2D eigenvalue weighted by Gasteiger charge is 2.24. The lowest BCUT2D eigenvalue weighted by Crippen LogP contribution is -2.46. The lowest BCUT2D eigenvalue weighted by Gasteiger charge is -2.28. The summed E-state index contributed by atoms with van der Waals surface area (Å²) in [7, 11) is 1.63. The van der Waals surface area contributed by atoms with Crippen LogP contribution in [0.5, 0.6) is 0 Å². The van der Waals surface area contributed by atoms with Crippen LogP contribution < -0.4 is 16.0 Å². The number of benzene rings is 2. The highest BCUT2D eigenvalue weighted by molar-refractivity contribution is 6.31. The highest BCUT2D eigenvalue weighted by Crippen LogP contribution is 2.20. The molecular formula is C29H31ClFN7O3. The molecule has 0 spiro atoms. The number of imidazole rings is 1. The normalized spacial score (nSPS) is 13.3. The predicted octanol–water partition coefficient (Wildman–Crippen LogP) is 4.72. The fourth-order valence-corrected chi connectivity index (χ4v) is 4.96. The van der Waals surface area contributed by atoms with Gasteiger partial charge in [-0.3, -0.25) is 5.32 Å². The maximum atomic E-state index is 13.8. The van der Waals surface area contributed by atoms with Crippen molar-refractivity contribution in [1.29, 1.82) is 0 Å². The van der Waals surface area contributed by atoms with Gasteiger partial charge in [0.05, 0.1) is 16.8 Å². The summed E-state index contributed by atoms with van der Waals surface area (Å²) in [6.45, 7) is 2.42. The molecule has 12 heteroatoms. The van der Waals surface area contributed by atoms with Crippen LogP contribution in [0.3, 0.4) is 0 Å². The topological polar surface area (TPSA) is 113 Å². The zero-order chi connectivity index (χ0) is 28.8. The molecule has 10 nitrogen and oxygen atoms in total. The molecule has 3 heterocycles. The Morgan fingerprint density at radius 1 is 1.17 bits per heavy atom. The molecule has 5 rings (SSSR count). The Bertz CT molecular complexity index is 1550.